The third-order valence-corrected chi connectivity index (χ3v) is 4.33. The van der Waals surface area contributed by atoms with Gasteiger partial charge >= 0.3 is 0 Å². The highest BCUT2D eigenvalue weighted by molar-refractivity contribution is 5.95. The van der Waals surface area contributed by atoms with Crippen molar-refractivity contribution in [3.63, 3.8) is 0 Å². The molecule has 27 heavy (non-hydrogen) atoms. The van der Waals surface area contributed by atoms with Gasteiger partial charge in [0.25, 0.3) is 0 Å². The molecule has 2 aromatic carbocycles. The Bertz CT molecular complexity index is 1100. The van der Waals surface area contributed by atoms with Crippen LogP contribution >= 0.6 is 0 Å². The van der Waals surface area contributed by atoms with Crippen LogP contribution in [0.4, 0.5) is 11.5 Å². The molecule has 0 radical (unpaired) electrons. The molecule has 2 N–H and O–H groups in total. The summed E-state index contributed by atoms with van der Waals surface area (Å²) in [5.74, 6) is 0.923. The summed E-state index contributed by atoms with van der Waals surface area (Å²) in [6, 6.07) is 9.11. The third-order valence-electron chi connectivity index (χ3n) is 4.33. The van der Waals surface area contributed by atoms with Crippen molar-refractivity contribution >= 4 is 28.8 Å². The number of benzene rings is 2. The second kappa shape index (κ2) is 6.99. The standard InChI is InChI=1S/C20H17N3O3.CH4/c1-12-5-16(6-13(2)19(12)25)23-9-18(21-11-23)22-17-8-14(10-24)7-15-3-4-26-20(15)17;/h3-11,22,25H,1-2H3;1H4. The van der Waals surface area contributed by atoms with E-state index in [9.17, 15) is 9.90 Å². The molecule has 0 aliphatic rings. The molecule has 0 saturated carbocycles. The molecule has 0 atom stereocenters. The summed E-state index contributed by atoms with van der Waals surface area (Å²) in [5.41, 5.74) is 4.42. The highest BCUT2D eigenvalue weighted by Gasteiger charge is 2.10. The number of aromatic hydroxyl groups is 1. The van der Waals surface area contributed by atoms with Crippen molar-refractivity contribution < 1.29 is 14.3 Å². The zero-order valence-electron chi connectivity index (χ0n) is 14.4. The fourth-order valence-corrected chi connectivity index (χ4v) is 3.01. The van der Waals surface area contributed by atoms with E-state index in [-0.39, 0.29) is 7.43 Å². The number of fused-ring (bicyclic) bond motifs is 1. The van der Waals surface area contributed by atoms with Crippen LogP contribution in [0.25, 0.3) is 16.7 Å². The maximum atomic E-state index is 11.2. The maximum absolute atomic E-state index is 11.2. The van der Waals surface area contributed by atoms with E-state index in [1.54, 1.807) is 24.7 Å². The minimum atomic E-state index is 0. The first-order valence-corrected chi connectivity index (χ1v) is 8.13. The van der Waals surface area contributed by atoms with Crippen LogP contribution in [-0.4, -0.2) is 20.9 Å². The molecule has 6 heteroatoms. The number of carbonyl (C=O) groups excluding carboxylic acids is 1. The van der Waals surface area contributed by atoms with Gasteiger partial charge in [0.05, 0.1) is 18.1 Å². The lowest BCUT2D eigenvalue weighted by molar-refractivity contribution is 0.112. The van der Waals surface area contributed by atoms with Gasteiger partial charge in [0.15, 0.2) is 5.58 Å². The third kappa shape index (κ3) is 3.29. The predicted molar refractivity (Wildman–Crippen MR) is 106 cm³/mol. The molecule has 0 aliphatic carbocycles. The van der Waals surface area contributed by atoms with Crippen LogP contribution in [0.2, 0.25) is 0 Å². The molecule has 0 amide bonds. The predicted octanol–water partition coefficient (Wildman–Crippen LogP) is 5.13. The first-order valence-electron chi connectivity index (χ1n) is 8.13. The number of phenolic OH excluding ortho intramolecular Hbond substituents is 1. The molecule has 0 unspecified atom stereocenters. The van der Waals surface area contributed by atoms with Gasteiger partial charge in [-0.2, -0.15) is 0 Å². The summed E-state index contributed by atoms with van der Waals surface area (Å²) in [6.45, 7) is 3.72. The molecule has 4 rings (SSSR count). The van der Waals surface area contributed by atoms with E-state index < -0.39 is 0 Å². The molecule has 6 nitrogen and oxygen atoms in total. The highest BCUT2D eigenvalue weighted by atomic mass is 16.3. The number of phenols is 1. The molecule has 0 saturated heterocycles. The van der Waals surface area contributed by atoms with Gasteiger partial charge in [0, 0.05) is 16.6 Å². The monoisotopic (exact) mass is 363 g/mol. The van der Waals surface area contributed by atoms with Crippen LogP contribution in [0.5, 0.6) is 5.75 Å². The van der Waals surface area contributed by atoms with Crippen LogP contribution in [-0.2, 0) is 0 Å². The Balaban J connectivity index is 0.00000210. The summed E-state index contributed by atoms with van der Waals surface area (Å²) < 4.78 is 7.38. The first-order chi connectivity index (χ1) is 12.5. The Morgan fingerprint density at radius 2 is 1.93 bits per heavy atom. The minimum absolute atomic E-state index is 0. The SMILES string of the molecule is C.Cc1cc(-n2cnc(Nc3cc(C=O)cc4ccoc34)c2)cc(C)c1O. The Kier molecular flexibility index (Phi) is 4.73. The molecule has 2 aromatic heterocycles. The molecule has 0 aliphatic heterocycles. The van der Waals surface area contributed by atoms with Crippen LogP contribution in [0, 0.1) is 13.8 Å². The van der Waals surface area contributed by atoms with Gasteiger partial charge in [-0.25, -0.2) is 4.98 Å². The lowest BCUT2D eigenvalue weighted by Crippen LogP contribution is -1.94. The maximum Gasteiger partial charge on any atom is 0.157 e. The van der Waals surface area contributed by atoms with Gasteiger partial charge in [0.2, 0.25) is 0 Å². The zero-order chi connectivity index (χ0) is 18.3. The number of carbonyl (C=O) groups is 1. The average Bonchev–Trinajstić information content (AvgIpc) is 3.28. The van der Waals surface area contributed by atoms with Crippen molar-refractivity contribution in [2.24, 2.45) is 0 Å². The van der Waals surface area contributed by atoms with Gasteiger partial charge < -0.3 is 19.4 Å². The fourth-order valence-electron chi connectivity index (χ4n) is 3.01. The highest BCUT2D eigenvalue weighted by Crippen LogP contribution is 2.29. The van der Waals surface area contributed by atoms with Crippen molar-refractivity contribution in [3.8, 4) is 11.4 Å². The van der Waals surface area contributed by atoms with E-state index in [1.165, 1.54) is 0 Å². The number of hydrogen-bond acceptors (Lipinski definition) is 5. The summed E-state index contributed by atoms with van der Waals surface area (Å²) in [4.78, 5) is 15.5. The van der Waals surface area contributed by atoms with Gasteiger partial charge in [-0.3, -0.25) is 4.79 Å². The normalized spacial score (nSPS) is 10.6. The number of imidazole rings is 1. The molecule has 0 fully saturated rings. The molecule has 138 valence electrons. The van der Waals surface area contributed by atoms with E-state index in [1.807, 2.05) is 42.8 Å². The van der Waals surface area contributed by atoms with Crippen LogP contribution in [0.1, 0.15) is 28.9 Å². The van der Waals surface area contributed by atoms with Gasteiger partial charge in [-0.1, -0.05) is 7.43 Å². The Morgan fingerprint density at radius 3 is 2.63 bits per heavy atom. The van der Waals surface area contributed by atoms with Crippen molar-refractivity contribution in [2.45, 2.75) is 21.3 Å². The van der Waals surface area contributed by atoms with E-state index >= 15 is 0 Å². The minimum Gasteiger partial charge on any atom is -0.507 e. The second-order valence-electron chi connectivity index (χ2n) is 6.24. The molecule has 2 heterocycles. The molecular formula is C21H21N3O3. The van der Waals surface area contributed by atoms with Crippen molar-refractivity contribution in [2.75, 3.05) is 5.32 Å². The van der Waals surface area contributed by atoms with Crippen molar-refractivity contribution in [3.05, 3.63) is 65.8 Å². The first kappa shape index (κ1) is 18.3. The Hall–Kier alpha value is -3.54. The van der Waals surface area contributed by atoms with Gasteiger partial charge in [-0.05, 0) is 55.3 Å². The van der Waals surface area contributed by atoms with Crippen LogP contribution < -0.4 is 5.32 Å². The summed E-state index contributed by atoms with van der Waals surface area (Å²) in [6.07, 6.45) is 5.92. The number of aromatic nitrogens is 2. The molecule has 0 spiro atoms. The fraction of sp³-hybridized carbons (Fsp3) is 0.143. The Morgan fingerprint density at radius 1 is 1.19 bits per heavy atom. The number of anilines is 2. The molecular weight excluding hydrogens is 342 g/mol. The van der Waals surface area contributed by atoms with Crippen LogP contribution in [0.15, 0.2) is 53.5 Å². The number of furan rings is 1. The van der Waals surface area contributed by atoms with Gasteiger partial charge in [-0.15, -0.1) is 0 Å². The topological polar surface area (TPSA) is 80.3 Å². The number of aldehydes is 1. The lowest BCUT2D eigenvalue weighted by Gasteiger charge is -2.08. The number of nitrogens with zero attached hydrogens (tertiary/aromatic N) is 2. The van der Waals surface area contributed by atoms with E-state index in [0.29, 0.717) is 28.4 Å². The lowest BCUT2D eigenvalue weighted by atomic mass is 10.1. The summed E-state index contributed by atoms with van der Waals surface area (Å²) >= 11 is 0. The van der Waals surface area contributed by atoms with Crippen LogP contribution in [0.3, 0.4) is 0 Å². The quantitative estimate of drug-likeness (QED) is 0.491. The molecule has 0 bridgehead atoms. The zero-order valence-corrected chi connectivity index (χ0v) is 14.4. The van der Waals surface area contributed by atoms with Crippen molar-refractivity contribution in [1.82, 2.24) is 9.55 Å². The van der Waals surface area contributed by atoms with E-state index in [0.717, 1.165) is 28.5 Å². The van der Waals surface area contributed by atoms with E-state index in [4.69, 9.17) is 4.42 Å². The number of rotatable bonds is 4. The largest absolute Gasteiger partial charge is 0.507 e. The van der Waals surface area contributed by atoms with E-state index in [2.05, 4.69) is 10.3 Å². The smallest absolute Gasteiger partial charge is 0.157 e. The summed E-state index contributed by atoms with van der Waals surface area (Å²) in [7, 11) is 0. The number of hydrogen-bond donors (Lipinski definition) is 2. The molecule has 4 aromatic rings. The Labute approximate surface area is 157 Å². The average molecular weight is 363 g/mol. The second-order valence-corrected chi connectivity index (χ2v) is 6.24. The number of nitrogens with one attached hydrogen (secondary N) is 1. The number of aryl methyl sites for hydroxylation is 2. The van der Waals surface area contributed by atoms with Gasteiger partial charge in [0.1, 0.15) is 24.2 Å². The summed E-state index contributed by atoms with van der Waals surface area (Å²) in [5, 5.41) is 14.0. The van der Waals surface area contributed by atoms with Crippen molar-refractivity contribution in [1.29, 1.82) is 0 Å².